The summed E-state index contributed by atoms with van der Waals surface area (Å²) in [6, 6.07) is 23.9. The van der Waals surface area contributed by atoms with Crippen molar-refractivity contribution in [3.63, 3.8) is 0 Å². The number of hydrogen-bond donors (Lipinski definition) is 1. The van der Waals surface area contributed by atoms with E-state index in [2.05, 4.69) is 21.2 Å². The number of fused-ring (bicyclic) bond motifs is 1. The van der Waals surface area contributed by atoms with Crippen LogP contribution in [0.4, 0.5) is 0 Å². The molecule has 3 aromatic carbocycles. The van der Waals surface area contributed by atoms with Gasteiger partial charge in [-0.05, 0) is 29.4 Å². The number of benzene rings is 3. The van der Waals surface area contributed by atoms with Crippen LogP contribution in [0.5, 0.6) is 0 Å². The van der Waals surface area contributed by atoms with E-state index in [9.17, 15) is 4.79 Å². The van der Waals surface area contributed by atoms with Crippen molar-refractivity contribution in [2.24, 2.45) is 0 Å². The molecule has 1 N–H and O–H groups in total. The van der Waals surface area contributed by atoms with E-state index < -0.39 is 4.45 Å². The predicted molar refractivity (Wildman–Crippen MR) is 99.1 cm³/mol. The normalized spacial score (nSPS) is 13.7. The summed E-state index contributed by atoms with van der Waals surface area (Å²) in [5, 5.41) is 5.35. The molecule has 0 aliphatic heterocycles. The highest BCUT2D eigenvalue weighted by molar-refractivity contribution is 9.10. The molecule has 0 bridgehead atoms. The topological polar surface area (TPSA) is 29.1 Å². The quantitative estimate of drug-likeness (QED) is 0.406. The summed E-state index contributed by atoms with van der Waals surface area (Å²) in [6.45, 7) is 0. The number of halogens is 1. The van der Waals surface area contributed by atoms with E-state index >= 15 is 0 Å². The van der Waals surface area contributed by atoms with Crippen LogP contribution < -0.4 is 5.32 Å². The molecule has 3 heteroatoms. The number of carbonyl (C=O) groups excluding carboxylic acids is 1. The van der Waals surface area contributed by atoms with E-state index in [1.54, 1.807) is 7.05 Å². The minimum Gasteiger partial charge on any atom is -0.299 e. The lowest BCUT2D eigenvalue weighted by molar-refractivity contribution is 0.0931. The zero-order valence-corrected chi connectivity index (χ0v) is 14.5. The van der Waals surface area contributed by atoms with Crippen molar-refractivity contribution in [2.45, 2.75) is 10.9 Å². The first-order valence-electron chi connectivity index (χ1n) is 7.58. The van der Waals surface area contributed by atoms with Crippen molar-refractivity contribution in [1.82, 2.24) is 5.32 Å². The fourth-order valence-corrected chi connectivity index (χ4v) is 3.27. The standard InChI is InChI=1S/C20H18BrNO/c1-22-20(21,14-15-7-3-2-4-8-15)19(23)18-12-11-16-9-5-6-10-17(16)13-18/h2-13,22H,14H2,1H3. The van der Waals surface area contributed by atoms with Gasteiger partial charge in [0.25, 0.3) is 0 Å². The highest BCUT2D eigenvalue weighted by Crippen LogP contribution is 2.27. The van der Waals surface area contributed by atoms with E-state index in [-0.39, 0.29) is 5.78 Å². The predicted octanol–water partition coefficient (Wildman–Crippen LogP) is 4.58. The van der Waals surface area contributed by atoms with Crippen LogP contribution in [0, 0.1) is 0 Å². The van der Waals surface area contributed by atoms with Gasteiger partial charge in [0.05, 0.1) is 0 Å². The van der Waals surface area contributed by atoms with E-state index in [1.807, 2.05) is 72.8 Å². The zero-order valence-electron chi connectivity index (χ0n) is 12.9. The first-order chi connectivity index (χ1) is 11.1. The van der Waals surface area contributed by atoms with Gasteiger partial charge in [0.2, 0.25) is 0 Å². The fraction of sp³-hybridized carbons (Fsp3) is 0.150. The molecule has 0 spiro atoms. The van der Waals surface area contributed by atoms with Crippen LogP contribution in [-0.4, -0.2) is 17.3 Å². The lowest BCUT2D eigenvalue weighted by Gasteiger charge is -2.26. The molecule has 1 atom stereocenters. The molecule has 3 aromatic rings. The second kappa shape index (κ2) is 6.65. The van der Waals surface area contributed by atoms with E-state index in [0.29, 0.717) is 12.0 Å². The lowest BCUT2D eigenvalue weighted by Crippen LogP contribution is -2.46. The summed E-state index contributed by atoms with van der Waals surface area (Å²) in [4.78, 5) is 13.0. The maximum Gasteiger partial charge on any atom is 0.194 e. The number of carbonyl (C=O) groups is 1. The van der Waals surface area contributed by atoms with E-state index in [0.717, 1.165) is 16.3 Å². The largest absolute Gasteiger partial charge is 0.299 e. The molecule has 0 radical (unpaired) electrons. The number of rotatable bonds is 5. The van der Waals surface area contributed by atoms with Crippen LogP contribution in [0.2, 0.25) is 0 Å². The molecule has 0 saturated heterocycles. The number of nitrogens with one attached hydrogen (secondary N) is 1. The van der Waals surface area contributed by atoms with Crippen molar-refractivity contribution in [1.29, 1.82) is 0 Å². The Morgan fingerprint density at radius 1 is 0.957 bits per heavy atom. The average Bonchev–Trinajstić information content (AvgIpc) is 2.61. The SMILES string of the molecule is CNC(Br)(Cc1ccccc1)C(=O)c1ccc2ccccc2c1. The van der Waals surface area contributed by atoms with Crippen LogP contribution in [0.3, 0.4) is 0 Å². The Bertz CT molecular complexity index is 831. The Morgan fingerprint density at radius 2 is 1.61 bits per heavy atom. The first kappa shape index (κ1) is 15.9. The maximum absolute atomic E-state index is 13.0. The fourth-order valence-electron chi connectivity index (χ4n) is 2.72. The summed E-state index contributed by atoms with van der Waals surface area (Å²) in [6.07, 6.45) is 0.579. The Kier molecular flexibility index (Phi) is 4.60. The van der Waals surface area contributed by atoms with Gasteiger partial charge in [0, 0.05) is 12.0 Å². The van der Waals surface area contributed by atoms with Crippen molar-refractivity contribution in [3.8, 4) is 0 Å². The molecular weight excluding hydrogens is 350 g/mol. The number of alkyl halides is 1. The minimum absolute atomic E-state index is 0.0367. The average molecular weight is 368 g/mol. The van der Waals surface area contributed by atoms with E-state index in [1.165, 1.54) is 0 Å². The Morgan fingerprint density at radius 3 is 2.30 bits per heavy atom. The Hall–Kier alpha value is -1.97. The second-order valence-corrected chi connectivity index (χ2v) is 6.96. The minimum atomic E-state index is -0.809. The number of Topliss-reactive ketones (excluding diaryl/α,β-unsaturated/α-hetero) is 1. The van der Waals surface area contributed by atoms with Gasteiger partial charge in [-0.25, -0.2) is 0 Å². The number of likely N-dealkylation sites (N-methyl/N-ethyl adjacent to an activating group) is 1. The molecule has 0 amide bonds. The molecule has 0 fully saturated rings. The summed E-state index contributed by atoms with van der Waals surface area (Å²) < 4.78 is -0.809. The molecule has 116 valence electrons. The number of hydrogen-bond acceptors (Lipinski definition) is 2. The van der Waals surface area contributed by atoms with Gasteiger partial charge < -0.3 is 0 Å². The van der Waals surface area contributed by atoms with Gasteiger partial charge in [-0.2, -0.15) is 0 Å². The van der Waals surface area contributed by atoms with Gasteiger partial charge >= 0.3 is 0 Å². The lowest BCUT2D eigenvalue weighted by atomic mass is 9.96. The van der Waals surface area contributed by atoms with Crippen LogP contribution in [0.1, 0.15) is 15.9 Å². The first-order valence-corrected chi connectivity index (χ1v) is 8.37. The van der Waals surface area contributed by atoms with E-state index in [4.69, 9.17) is 0 Å². The third-order valence-corrected chi connectivity index (χ3v) is 5.10. The van der Waals surface area contributed by atoms with Crippen LogP contribution >= 0.6 is 15.9 Å². The molecular formula is C20H18BrNO. The van der Waals surface area contributed by atoms with Gasteiger partial charge in [0.1, 0.15) is 4.45 Å². The van der Waals surface area contributed by atoms with Crippen molar-refractivity contribution in [2.75, 3.05) is 7.05 Å². The second-order valence-electron chi connectivity index (χ2n) is 5.60. The Balaban J connectivity index is 1.94. The van der Waals surface area contributed by atoms with Crippen molar-refractivity contribution < 1.29 is 4.79 Å². The third-order valence-electron chi connectivity index (χ3n) is 4.06. The van der Waals surface area contributed by atoms with Gasteiger partial charge in [-0.3, -0.25) is 10.1 Å². The molecule has 0 saturated carbocycles. The third kappa shape index (κ3) is 3.36. The molecule has 0 aromatic heterocycles. The molecule has 3 rings (SSSR count). The van der Waals surface area contributed by atoms with Gasteiger partial charge in [-0.1, -0.05) is 82.7 Å². The molecule has 2 nitrogen and oxygen atoms in total. The number of ketones is 1. The van der Waals surface area contributed by atoms with Crippen LogP contribution in [-0.2, 0) is 6.42 Å². The zero-order chi connectivity index (χ0) is 16.3. The van der Waals surface area contributed by atoms with Crippen molar-refractivity contribution in [3.05, 3.63) is 83.9 Å². The molecule has 0 aliphatic carbocycles. The molecule has 0 heterocycles. The highest BCUT2D eigenvalue weighted by atomic mass is 79.9. The Labute approximate surface area is 144 Å². The smallest absolute Gasteiger partial charge is 0.194 e. The summed E-state index contributed by atoms with van der Waals surface area (Å²) in [5.74, 6) is 0.0367. The van der Waals surface area contributed by atoms with Crippen molar-refractivity contribution >= 4 is 32.5 Å². The van der Waals surface area contributed by atoms with Crippen LogP contribution in [0.15, 0.2) is 72.8 Å². The monoisotopic (exact) mass is 367 g/mol. The summed E-state index contributed by atoms with van der Waals surface area (Å²) >= 11 is 3.63. The molecule has 23 heavy (non-hydrogen) atoms. The van der Waals surface area contributed by atoms with Crippen LogP contribution in [0.25, 0.3) is 10.8 Å². The summed E-state index contributed by atoms with van der Waals surface area (Å²) in [5.41, 5.74) is 1.80. The summed E-state index contributed by atoms with van der Waals surface area (Å²) in [7, 11) is 1.80. The maximum atomic E-state index is 13.0. The molecule has 1 unspecified atom stereocenters. The highest BCUT2D eigenvalue weighted by Gasteiger charge is 2.34. The van der Waals surface area contributed by atoms with Gasteiger partial charge in [-0.15, -0.1) is 0 Å². The van der Waals surface area contributed by atoms with Gasteiger partial charge in [0.15, 0.2) is 5.78 Å². The molecule has 0 aliphatic rings.